The predicted octanol–water partition coefficient (Wildman–Crippen LogP) is 5.26. The van der Waals surface area contributed by atoms with E-state index in [2.05, 4.69) is 89.3 Å². The maximum atomic E-state index is 6.68. The van der Waals surface area contributed by atoms with Crippen LogP contribution in [0.2, 0.25) is 58.9 Å². The van der Waals surface area contributed by atoms with E-state index in [1.807, 2.05) is 0 Å². The summed E-state index contributed by atoms with van der Waals surface area (Å²) in [7, 11) is -7.87. The summed E-state index contributed by atoms with van der Waals surface area (Å²) < 4.78 is 19.7. The largest absolute Gasteiger partial charge is 0.437 e. The minimum absolute atomic E-state index is 0.879. The summed E-state index contributed by atoms with van der Waals surface area (Å²) in [6.45, 7) is 19.9. The van der Waals surface area contributed by atoms with Crippen LogP contribution in [0.25, 0.3) is 0 Å². The minimum atomic E-state index is -2.34. The van der Waals surface area contributed by atoms with Crippen molar-refractivity contribution in [2.45, 2.75) is 65.0 Å². The van der Waals surface area contributed by atoms with Crippen LogP contribution >= 0.6 is 0 Å². The van der Waals surface area contributed by atoms with Gasteiger partial charge in [0.15, 0.2) is 16.6 Å². The third-order valence-electron chi connectivity index (χ3n) is 2.90. The Morgan fingerprint density at radius 3 is 1.57 bits per heavy atom. The monoisotopic (exact) mass is 386 g/mol. The molecular formula is C16H34O3Si4. The lowest BCUT2D eigenvalue weighted by Gasteiger charge is -2.41. The lowest BCUT2D eigenvalue weighted by molar-refractivity contribution is 0.323. The lowest BCUT2D eigenvalue weighted by atomic mass is 10.2. The second-order valence-corrected chi connectivity index (χ2v) is 25.0. The standard InChI is InChI=1S/C16H34O3Si4/c1-20(2,3)17-22(7,8)19-23(9,18-21(4,5)6)15-16-13-11-10-12-14-16/h10-14H,15H2,1-9H3. The van der Waals surface area contributed by atoms with Gasteiger partial charge < -0.3 is 12.3 Å². The molecule has 0 bridgehead atoms. The van der Waals surface area contributed by atoms with Crippen LogP contribution in [0.1, 0.15) is 5.56 Å². The molecule has 132 valence electrons. The molecule has 1 aromatic rings. The van der Waals surface area contributed by atoms with E-state index in [0.29, 0.717) is 0 Å². The first kappa shape index (κ1) is 21.0. The van der Waals surface area contributed by atoms with E-state index < -0.39 is 33.8 Å². The van der Waals surface area contributed by atoms with Crippen molar-refractivity contribution in [3.05, 3.63) is 35.9 Å². The second-order valence-electron chi connectivity index (χ2n) is 8.73. The first-order valence-electron chi connectivity index (χ1n) is 8.34. The summed E-state index contributed by atoms with van der Waals surface area (Å²) in [6, 6.07) is 11.4. The molecule has 1 atom stereocenters. The summed E-state index contributed by atoms with van der Waals surface area (Å²) in [5, 5.41) is 0. The Morgan fingerprint density at radius 2 is 1.13 bits per heavy atom. The van der Waals surface area contributed by atoms with Gasteiger partial charge in [0, 0.05) is 6.04 Å². The molecular weight excluding hydrogens is 353 g/mol. The van der Waals surface area contributed by atoms with Crippen molar-refractivity contribution in [2.24, 2.45) is 0 Å². The highest BCUT2D eigenvalue weighted by Crippen LogP contribution is 2.26. The molecule has 1 unspecified atom stereocenters. The fourth-order valence-corrected chi connectivity index (χ4v) is 20.9. The van der Waals surface area contributed by atoms with Gasteiger partial charge in [0.1, 0.15) is 0 Å². The van der Waals surface area contributed by atoms with E-state index in [0.717, 1.165) is 6.04 Å². The molecule has 0 amide bonds. The van der Waals surface area contributed by atoms with Crippen molar-refractivity contribution >= 4 is 33.8 Å². The van der Waals surface area contributed by atoms with E-state index >= 15 is 0 Å². The smallest absolute Gasteiger partial charge is 0.320 e. The molecule has 0 aliphatic rings. The maximum absolute atomic E-state index is 6.68. The Labute approximate surface area is 147 Å². The normalized spacial score (nSPS) is 16.2. The highest BCUT2D eigenvalue weighted by molar-refractivity contribution is 6.89. The van der Waals surface area contributed by atoms with Gasteiger partial charge in [0.2, 0.25) is 0 Å². The van der Waals surface area contributed by atoms with Crippen LogP contribution in [0, 0.1) is 0 Å². The van der Waals surface area contributed by atoms with Gasteiger partial charge in [0.05, 0.1) is 0 Å². The van der Waals surface area contributed by atoms with Gasteiger partial charge in [-0.2, -0.15) is 0 Å². The number of hydrogen-bond donors (Lipinski definition) is 0. The molecule has 0 saturated heterocycles. The van der Waals surface area contributed by atoms with Crippen LogP contribution in [0.5, 0.6) is 0 Å². The van der Waals surface area contributed by atoms with Crippen LogP contribution in [-0.4, -0.2) is 33.8 Å². The molecule has 0 fully saturated rings. The van der Waals surface area contributed by atoms with Crippen LogP contribution in [-0.2, 0) is 18.4 Å². The molecule has 0 aliphatic heterocycles. The maximum Gasteiger partial charge on any atom is 0.320 e. The number of hydrogen-bond acceptors (Lipinski definition) is 3. The fourth-order valence-electron chi connectivity index (χ4n) is 2.99. The SMILES string of the molecule is C[Si](C)(C)O[Si](C)(C)O[Si](C)(Cc1ccccc1)O[Si](C)(C)C. The van der Waals surface area contributed by atoms with Crippen molar-refractivity contribution in [1.82, 2.24) is 0 Å². The molecule has 1 rings (SSSR count). The fraction of sp³-hybridized carbons (Fsp3) is 0.625. The first-order valence-corrected chi connectivity index (χ1v) is 20.5. The van der Waals surface area contributed by atoms with Gasteiger partial charge in [-0.25, -0.2) is 0 Å². The van der Waals surface area contributed by atoms with Crippen molar-refractivity contribution in [1.29, 1.82) is 0 Å². The summed E-state index contributed by atoms with van der Waals surface area (Å²) in [5.41, 5.74) is 1.29. The number of benzene rings is 1. The third kappa shape index (κ3) is 9.13. The van der Waals surface area contributed by atoms with Crippen molar-refractivity contribution in [3.63, 3.8) is 0 Å². The second kappa shape index (κ2) is 7.47. The Hall–Kier alpha value is -0.0325. The Bertz CT molecular complexity index is 494. The van der Waals surface area contributed by atoms with Gasteiger partial charge >= 0.3 is 17.1 Å². The number of rotatable bonds is 8. The Kier molecular flexibility index (Phi) is 6.82. The zero-order valence-electron chi connectivity index (χ0n) is 16.3. The molecule has 0 aliphatic carbocycles. The zero-order valence-corrected chi connectivity index (χ0v) is 20.3. The molecule has 0 heterocycles. The average molecular weight is 387 g/mol. The molecule has 0 spiro atoms. The highest BCUT2D eigenvalue weighted by atomic mass is 28.5. The van der Waals surface area contributed by atoms with Crippen LogP contribution < -0.4 is 0 Å². The third-order valence-corrected chi connectivity index (χ3v) is 16.2. The lowest BCUT2D eigenvalue weighted by Crippen LogP contribution is -2.58. The molecule has 3 nitrogen and oxygen atoms in total. The van der Waals surface area contributed by atoms with Crippen molar-refractivity contribution < 1.29 is 12.3 Å². The zero-order chi connectivity index (χ0) is 17.9. The van der Waals surface area contributed by atoms with E-state index in [1.54, 1.807) is 0 Å². The van der Waals surface area contributed by atoms with E-state index in [4.69, 9.17) is 12.3 Å². The molecule has 0 N–H and O–H groups in total. The Balaban J connectivity index is 3.00. The van der Waals surface area contributed by atoms with Crippen LogP contribution in [0.15, 0.2) is 30.3 Å². The summed E-state index contributed by atoms with van der Waals surface area (Å²) in [5.74, 6) is 0. The molecule has 1 aromatic carbocycles. The van der Waals surface area contributed by atoms with Gasteiger partial charge in [-0.1, -0.05) is 30.3 Å². The molecule has 23 heavy (non-hydrogen) atoms. The van der Waals surface area contributed by atoms with Gasteiger partial charge in [0.25, 0.3) is 0 Å². The van der Waals surface area contributed by atoms with Gasteiger partial charge in [-0.3, -0.25) is 0 Å². The van der Waals surface area contributed by atoms with Crippen LogP contribution in [0.4, 0.5) is 0 Å². The summed E-state index contributed by atoms with van der Waals surface area (Å²) >= 11 is 0. The Morgan fingerprint density at radius 1 is 0.652 bits per heavy atom. The van der Waals surface area contributed by atoms with Crippen molar-refractivity contribution in [2.75, 3.05) is 0 Å². The molecule has 7 heteroatoms. The molecule has 0 aromatic heterocycles. The predicted molar refractivity (Wildman–Crippen MR) is 109 cm³/mol. The van der Waals surface area contributed by atoms with Crippen molar-refractivity contribution in [3.8, 4) is 0 Å². The topological polar surface area (TPSA) is 27.7 Å². The highest BCUT2D eigenvalue weighted by Gasteiger charge is 2.44. The molecule has 0 radical (unpaired) electrons. The minimum Gasteiger partial charge on any atom is -0.437 e. The molecule has 0 saturated carbocycles. The summed E-state index contributed by atoms with van der Waals surface area (Å²) in [6.07, 6.45) is 0. The van der Waals surface area contributed by atoms with E-state index in [1.165, 1.54) is 5.56 Å². The van der Waals surface area contributed by atoms with Gasteiger partial charge in [-0.15, -0.1) is 0 Å². The average Bonchev–Trinajstić information content (AvgIpc) is 2.21. The van der Waals surface area contributed by atoms with E-state index in [9.17, 15) is 0 Å². The first-order chi connectivity index (χ1) is 10.2. The summed E-state index contributed by atoms with van der Waals surface area (Å²) in [4.78, 5) is 0. The van der Waals surface area contributed by atoms with E-state index in [-0.39, 0.29) is 0 Å². The van der Waals surface area contributed by atoms with Crippen LogP contribution in [0.3, 0.4) is 0 Å². The quantitative estimate of drug-likeness (QED) is 0.570. The van der Waals surface area contributed by atoms with Gasteiger partial charge in [-0.05, 0) is 64.5 Å².